The van der Waals surface area contributed by atoms with Crippen LogP contribution >= 0.6 is 11.3 Å². The van der Waals surface area contributed by atoms with Gasteiger partial charge in [-0.25, -0.2) is 4.98 Å². The number of thiazole rings is 1. The third-order valence-corrected chi connectivity index (χ3v) is 4.64. The van der Waals surface area contributed by atoms with Gasteiger partial charge >= 0.3 is 0 Å². The summed E-state index contributed by atoms with van der Waals surface area (Å²) in [5.74, 6) is 0.830. The second-order valence-electron chi connectivity index (χ2n) is 5.57. The maximum Gasteiger partial charge on any atom is 0.184 e. The van der Waals surface area contributed by atoms with Gasteiger partial charge in [0.2, 0.25) is 0 Å². The molecule has 0 saturated carbocycles. The number of hydrogen-bond acceptors (Lipinski definition) is 5. The molecular weight excluding hydrogens is 310 g/mol. The molecule has 23 heavy (non-hydrogen) atoms. The summed E-state index contributed by atoms with van der Waals surface area (Å²) in [5, 5.41) is 3.15. The van der Waals surface area contributed by atoms with Gasteiger partial charge in [-0.2, -0.15) is 0 Å². The molecule has 0 aliphatic carbocycles. The average Bonchev–Trinajstić information content (AvgIpc) is 3.00. The molecule has 4 nitrogen and oxygen atoms in total. The number of ether oxygens (including phenoxy) is 3. The Bertz CT molecular complexity index is 678. The lowest BCUT2D eigenvalue weighted by Crippen LogP contribution is -2.27. The van der Waals surface area contributed by atoms with Crippen molar-refractivity contribution in [3.05, 3.63) is 51.5 Å². The van der Waals surface area contributed by atoms with E-state index in [0.717, 1.165) is 28.4 Å². The zero-order valence-electron chi connectivity index (χ0n) is 13.6. The summed E-state index contributed by atoms with van der Waals surface area (Å²) < 4.78 is 17.1. The van der Waals surface area contributed by atoms with Gasteiger partial charge in [0, 0.05) is 17.4 Å². The quantitative estimate of drug-likeness (QED) is 0.834. The van der Waals surface area contributed by atoms with Crippen molar-refractivity contribution in [3.8, 4) is 5.75 Å². The van der Waals surface area contributed by atoms with Gasteiger partial charge in [0.05, 0.1) is 30.5 Å². The predicted molar refractivity (Wildman–Crippen MR) is 91.7 cm³/mol. The van der Waals surface area contributed by atoms with Crippen LogP contribution in [0.15, 0.2) is 35.2 Å². The monoisotopic (exact) mass is 331 g/mol. The lowest BCUT2D eigenvalue weighted by Gasteiger charge is -2.31. The first-order chi connectivity index (χ1) is 11.2. The van der Waals surface area contributed by atoms with Gasteiger partial charge in [0.25, 0.3) is 0 Å². The maximum absolute atomic E-state index is 6.13. The van der Waals surface area contributed by atoms with Gasteiger partial charge < -0.3 is 14.2 Å². The summed E-state index contributed by atoms with van der Waals surface area (Å²) in [6.07, 6.45) is 2.68. The van der Waals surface area contributed by atoms with Gasteiger partial charge in [-0.15, -0.1) is 11.3 Å². The molecule has 2 atom stereocenters. The number of methoxy groups -OCH3 is 1. The Kier molecular flexibility index (Phi) is 5.10. The van der Waals surface area contributed by atoms with Gasteiger partial charge in [0.15, 0.2) is 6.29 Å². The van der Waals surface area contributed by atoms with Crippen LogP contribution in [0.2, 0.25) is 0 Å². The molecule has 122 valence electrons. The molecule has 5 heteroatoms. The van der Waals surface area contributed by atoms with Crippen LogP contribution in [0.3, 0.4) is 0 Å². The molecule has 0 bridgehead atoms. The van der Waals surface area contributed by atoms with Crippen LogP contribution in [-0.4, -0.2) is 24.8 Å². The minimum absolute atomic E-state index is 0.0536. The average molecular weight is 331 g/mol. The van der Waals surface area contributed by atoms with Crippen molar-refractivity contribution in [1.82, 2.24) is 4.98 Å². The highest BCUT2D eigenvalue weighted by Crippen LogP contribution is 2.30. The highest BCUT2D eigenvalue weighted by molar-refractivity contribution is 7.09. The molecule has 0 spiro atoms. The summed E-state index contributed by atoms with van der Waals surface area (Å²) >= 11 is 1.66. The molecule has 0 unspecified atom stereocenters. The van der Waals surface area contributed by atoms with E-state index < -0.39 is 0 Å². The smallest absolute Gasteiger partial charge is 0.184 e. The number of aromatic nitrogens is 1. The molecule has 2 heterocycles. The Morgan fingerprint density at radius 2 is 2.13 bits per heavy atom. The largest absolute Gasteiger partial charge is 0.497 e. The third kappa shape index (κ3) is 3.99. The Balaban J connectivity index is 1.70. The summed E-state index contributed by atoms with van der Waals surface area (Å²) in [4.78, 5) is 4.48. The SMILES string of the molecule is COc1ccc([C@H]2OCC[C@@H](/C(C)=C/c3csc(C)n3)O2)cc1. The van der Waals surface area contributed by atoms with Crippen LogP contribution in [0.25, 0.3) is 6.08 Å². The van der Waals surface area contributed by atoms with Crippen molar-refractivity contribution < 1.29 is 14.2 Å². The van der Waals surface area contributed by atoms with Crippen LogP contribution in [-0.2, 0) is 9.47 Å². The first kappa shape index (κ1) is 16.2. The van der Waals surface area contributed by atoms with E-state index in [0.29, 0.717) is 6.61 Å². The highest BCUT2D eigenvalue weighted by atomic mass is 32.1. The van der Waals surface area contributed by atoms with Gasteiger partial charge in [-0.05, 0) is 37.6 Å². The molecule has 0 radical (unpaired) electrons. The fraction of sp³-hybridized carbons (Fsp3) is 0.389. The summed E-state index contributed by atoms with van der Waals surface area (Å²) in [6.45, 7) is 4.79. The molecule has 1 aromatic carbocycles. The zero-order valence-corrected chi connectivity index (χ0v) is 14.4. The molecule has 1 aliphatic heterocycles. The van der Waals surface area contributed by atoms with Crippen molar-refractivity contribution in [2.45, 2.75) is 32.7 Å². The lowest BCUT2D eigenvalue weighted by molar-refractivity contribution is -0.207. The van der Waals surface area contributed by atoms with Crippen molar-refractivity contribution in [1.29, 1.82) is 0 Å². The lowest BCUT2D eigenvalue weighted by atomic mass is 10.1. The second kappa shape index (κ2) is 7.25. The molecule has 1 fully saturated rings. The number of rotatable bonds is 4. The standard InChI is InChI=1S/C18H21NO3S/c1-12(10-15-11-23-13(2)19-15)17-8-9-21-18(22-17)14-4-6-16(20-3)7-5-14/h4-7,10-11,17-18H,8-9H2,1-3H3/b12-10+/t17-,18-/m0/s1. The van der Waals surface area contributed by atoms with E-state index in [-0.39, 0.29) is 12.4 Å². The summed E-state index contributed by atoms with van der Waals surface area (Å²) in [7, 11) is 1.66. The number of benzene rings is 1. The minimum Gasteiger partial charge on any atom is -0.497 e. The predicted octanol–water partition coefficient (Wildman–Crippen LogP) is 4.37. The second-order valence-corrected chi connectivity index (χ2v) is 6.63. The number of nitrogens with zero attached hydrogens (tertiary/aromatic N) is 1. The number of aryl methyl sites for hydroxylation is 1. The maximum atomic E-state index is 6.13. The summed E-state index contributed by atoms with van der Waals surface area (Å²) in [6, 6.07) is 7.81. The fourth-order valence-corrected chi connectivity index (χ4v) is 3.15. The fourth-order valence-electron chi connectivity index (χ4n) is 2.58. The summed E-state index contributed by atoms with van der Waals surface area (Å²) in [5.41, 5.74) is 3.19. The molecule has 2 aromatic rings. The van der Waals surface area contributed by atoms with E-state index in [1.54, 1.807) is 18.4 Å². The van der Waals surface area contributed by atoms with E-state index >= 15 is 0 Å². The zero-order chi connectivity index (χ0) is 16.2. The topological polar surface area (TPSA) is 40.6 Å². The molecule has 1 saturated heterocycles. The van der Waals surface area contributed by atoms with E-state index in [4.69, 9.17) is 14.2 Å². The minimum atomic E-state index is -0.333. The van der Waals surface area contributed by atoms with Crippen LogP contribution in [0.5, 0.6) is 5.75 Å². The Hall–Kier alpha value is -1.69. The highest BCUT2D eigenvalue weighted by Gasteiger charge is 2.25. The van der Waals surface area contributed by atoms with Crippen LogP contribution in [0.4, 0.5) is 0 Å². The van der Waals surface area contributed by atoms with E-state index in [1.165, 1.54) is 5.57 Å². The Morgan fingerprint density at radius 1 is 1.35 bits per heavy atom. The number of hydrogen-bond donors (Lipinski definition) is 0. The van der Waals surface area contributed by atoms with E-state index in [9.17, 15) is 0 Å². The molecule has 0 amide bonds. The van der Waals surface area contributed by atoms with Gasteiger partial charge in [0.1, 0.15) is 5.75 Å². The first-order valence-corrected chi connectivity index (χ1v) is 8.55. The molecule has 1 aromatic heterocycles. The molecule has 3 rings (SSSR count). The van der Waals surface area contributed by atoms with E-state index in [2.05, 4.69) is 23.4 Å². The Labute approximate surface area is 140 Å². The van der Waals surface area contributed by atoms with Crippen molar-refractivity contribution in [2.75, 3.05) is 13.7 Å². The molecular formula is C18H21NO3S. The van der Waals surface area contributed by atoms with Crippen molar-refractivity contribution in [3.63, 3.8) is 0 Å². The van der Waals surface area contributed by atoms with Crippen LogP contribution in [0.1, 0.15) is 35.9 Å². The Morgan fingerprint density at radius 3 is 2.78 bits per heavy atom. The molecule has 1 aliphatic rings. The van der Waals surface area contributed by atoms with Crippen LogP contribution in [0, 0.1) is 6.92 Å². The van der Waals surface area contributed by atoms with Crippen molar-refractivity contribution >= 4 is 17.4 Å². The van der Waals surface area contributed by atoms with E-state index in [1.807, 2.05) is 31.2 Å². The van der Waals surface area contributed by atoms with Crippen LogP contribution < -0.4 is 4.74 Å². The van der Waals surface area contributed by atoms with Gasteiger partial charge in [-0.3, -0.25) is 0 Å². The third-order valence-electron chi connectivity index (χ3n) is 3.85. The first-order valence-electron chi connectivity index (χ1n) is 7.67. The van der Waals surface area contributed by atoms with Gasteiger partial charge in [-0.1, -0.05) is 12.1 Å². The molecule has 0 N–H and O–H groups in total. The normalized spacial score (nSPS) is 22.1. The van der Waals surface area contributed by atoms with Crippen molar-refractivity contribution in [2.24, 2.45) is 0 Å².